The number of hydrogen-bond donors (Lipinski definition) is 0. The van der Waals surface area contributed by atoms with Gasteiger partial charge in [-0.3, -0.25) is 0 Å². The molecule has 0 amide bonds. The molecule has 6 heteroatoms. The van der Waals surface area contributed by atoms with Gasteiger partial charge in [-0.05, 0) is 87.0 Å². The van der Waals surface area contributed by atoms with Gasteiger partial charge in [-0.25, -0.2) is 15.0 Å². The predicted octanol–water partition coefficient (Wildman–Crippen LogP) is 17.1. The first-order valence-electron chi connectivity index (χ1n) is 22.3. The van der Waals surface area contributed by atoms with E-state index in [1.54, 1.807) is 0 Å². The fourth-order valence-electron chi connectivity index (χ4n) is 10.6. The first-order valence-corrected chi connectivity index (χ1v) is 24.0. The molecule has 66 heavy (non-hydrogen) atoms. The van der Waals surface area contributed by atoms with Gasteiger partial charge in [0.25, 0.3) is 0 Å². The van der Waals surface area contributed by atoms with Crippen LogP contribution in [0.25, 0.3) is 130 Å². The first-order chi connectivity index (χ1) is 32.4. The Labute approximate surface area is 388 Å². The van der Waals surface area contributed by atoms with Crippen molar-refractivity contribution in [2.75, 3.05) is 0 Å². The number of fused-ring (bicyclic) bond motifs is 12. The summed E-state index contributed by atoms with van der Waals surface area (Å²) in [6.07, 6.45) is 0. The number of thiophene rings is 2. The lowest BCUT2D eigenvalue weighted by Gasteiger charge is -2.21. The van der Waals surface area contributed by atoms with Gasteiger partial charge in [-0.15, -0.1) is 22.7 Å². The van der Waals surface area contributed by atoms with Crippen LogP contribution >= 0.6 is 22.7 Å². The second-order valence-corrected chi connectivity index (χ2v) is 20.0. The zero-order valence-electron chi connectivity index (χ0n) is 36.0. The molecule has 14 rings (SSSR count). The van der Waals surface area contributed by atoms with Crippen LogP contribution in [0.4, 0.5) is 0 Å². The highest BCUT2D eigenvalue weighted by Gasteiger charge is 2.35. The van der Waals surface area contributed by atoms with Crippen molar-refractivity contribution in [1.29, 1.82) is 0 Å². The molecular formula is C60H37N3OS2. The van der Waals surface area contributed by atoms with Crippen LogP contribution in [-0.4, -0.2) is 15.0 Å². The number of benzene rings is 9. The maximum Gasteiger partial charge on any atom is 0.164 e. The van der Waals surface area contributed by atoms with E-state index in [-0.39, 0.29) is 5.41 Å². The van der Waals surface area contributed by atoms with Crippen molar-refractivity contribution in [2.45, 2.75) is 19.3 Å². The van der Waals surface area contributed by atoms with Gasteiger partial charge in [-0.2, -0.15) is 0 Å². The Balaban J connectivity index is 0.944. The van der Waals surface area contributed by atoms with Crippen molar-refractivity contribution < 1.29 is 4.42 Å². The number of aromatic nitrogens is 3. The molecule has 4 heterocycles. The number of nitrogens with zero attached hydrogens (tertiary/aromatic N) is 3. The van der Waals surface area contributed by atoms with Crippen LogP contribution in [0.3, 0.4) is 0 Å². The summed E-state index contributed by atoms with van der Waals surface area (Å²) in [5, 5.41) is 7.17. The summed E-state index contributed by atoms with van der Waals surface area (Å²) in [5.74, 6) is 1.87. The third-order valence-corrected chi connectivity index (χ3v) is 16.1. The second kappa shape index (κ2) is 14.1. The van der Waals surface area contributed by atoms with E-state index in [9.17, 15) is 0 Å². The molecule has 4 nitrogen and oxygen atoms in total. The molecule has 0 saturated carbocycles. The van der Waals surface area contributed by atoms with Crippen molar-refractivity contribution >= 4 is 85.0 Å². The predicted molar refractivity (Wildman–Crippen MR) is 278 cm³/mol. The number of rotatable bonds is 5. The number of hydrogen-bond acceptors (Lipinski definition) is 6. The van der Waals surface area contributed by atoms with E-state index in [0.717, 1.165) is 44.2 Å². The molecule has 13 aromatic rings. The lowest BCUT2D eigenvalue weighted by atomic mass is 9.82. The van der Waals surface area contributed by atoms with E-state index >= 15 is 0 Å². The highest BCUT2D eigenvalue weighted by atomic mass is 32.1. The quantitative estimate of drug-likeness (QED) is 0.173. The molecule has 0 saturated heterocycles. The molecule has 0 N–H and O–H groups in total. The van der Waals surface area contributed by atoms with E-state index in [0.29, 0.717) is 17.5 Å². The smallest absolute Gasteiger partial charge is 0.164 e. The van der Waals surface area contributed by atoms with Crippen molar-refractivity contribution in [2.24, 2.45) is 0 Å². The van der Waals surface area contributed by atoms with E-state index in [1.165, 1.54) is 79.3 Å². The van der Waals surface area contributed by atoms with Gasteiger partial charge in [-0.1, -0.05) is 159 Å². The van der Waals surface area contributed by atoms with E-state index < -0.39 is 0 Å². The Kier molecular flexibility index (Phi) is 8.04. The summed E-state index contributed by atoms with van der Waals surface area (Å²) >= 11 is 3.74. The topological polar surface area (TPSA) is 51.8 Å². The van der Waals surface area contributed by atoms with Crippen molar-refractivity contribution in [1.82, 2.24) is 15.0 Å². The Morgan fingerprint density at radius 1 is 0.364 bits per heavy atom. The molecule has 0 spiro atoms. The minimum absolute atomic E-state index is 0.158. The largest absolute Gasteiger partial charge is 0.456 e. The molecule has 310 valence electrons. The van der Waals surface area contributed by atoms with Gasteiger partial charge in [0.1, 0.15) is 11.2 Å². The second-order valence-electron chi connectivity index (χ2n) is 17.9. The molecule has 0 unspecified atom stereocenters. The van der Waals surface area contributed by atoms with E-state index in [4.69, 9.17) is 19.4 Å². The van der Waals surface area contributed by atoms with Gasteiger partial charge in [0, 0.05) is 73.2 Å². The van der Waals surface area contributed by atoms with Crippen molar-refractivity contribution in [3.8, 4) is 67.5 Å². The minimum atomic E-state index is -0.158. The zero-order valence-corrected chi connectivity index (χ0v) is 37.6. The SMILES string of the molecule is CC1(C)c2ccccc2-c2ccc(-c3nc(-c4ccccc4)nc(-c4cccc5oc6ccc(-c7ccc(-c8ccc9c(c8)sc8ccccc89)c8sc9ccccc9c78)cc6c45)n3)cc21. The van der Waals surface area contributed by atoms with E-state index in [1.807, 2.05) is 53.0 Å². The van der Waals surface area contributed by atoms with Crippen LogP contribution in [-0.2, 0) is 5.41 Å². The molecule has 0 aliphatic heterocycles. The highest BCUT2D eigenvalue weighted by molar-refractivity contribution is 7.26. The third kappa shape index (κ3) is 5.59. The molecule has 0 fully saturated rings. The Morgan fingerprint density at radius 3 is 1.88 bits per heavy atom. The normalized spacial score (nSPS) is 13.1. The molecular weight excluding hydrogens is 843 g/mol. The molecule has 0 bridgehead atoms. The fraction of sp³-hybridized carbons (Fsp3) is 0.0500. The molecule has 1 aliphatic carbocycles. The van der Waals surface area contributed by atoms with Crippen molar-refractivity contribution in [3.05, 3.63) is 199 Å². The first kappa shape index (κ1) is 37.6. The molecule has 0 radical (unpaired) electrons. The van der Waals surface area contributed by atoms with Crippen LogP contribution in [0.2, 0.25) is 0 Å². The summed E-state index contributed by atoms with van der Waals surface area (Å²) < 4.78 is 11.8. The van der Waals surface area contributed by atoms with Gasteiger partial charge in [0.05, 0.1) is 0 Å². The third-order valence-electron chi connectivity index (χ3n) is 13.8. The van der Waals surface area contributed by atoms with E-state index in [2.05, 4.69) is 172 Å². The maximum absolute atomic E-state index is 6.65. The van der Waals surface area contributed by atoms with Gasteiger partial charge >= 0.3 is 0 Å². The summed E-state index contributed by atoms with van der Waals surface area (Å²) in [6, 6.07) is 67.6. The average Bonchev–Trinajstić information content (AvgIpc) is 4.11. The van der Waals surface area contributed by atoms with Crippen LogP contribution in [0.1, 0.15) is 25.0 Å². The Hall–Kier alpha value is -7.77. The monoisotopic (exact) mass is 879 g/mol. The van der Waals surface area contributed by atoms with Gasteiger partial charge < -0.3 is 4.42 Å². The summed E-state index contributed by atoms with van der Waals surface area (Å²) in [7, 11) is 0. The van der Waals surface area contributed by atoms with Crippen LogP contribution in [0, 0.1) is 0 Å². The maximum atomic E-state index is 6.65. The molecule has 4 aromatic heterocycles. The lowest BCUT2D eigenvalue weighted by Crippen LogP contribution is -2.15. The zero-order chi connectivity index (χ0) is 43.7. The van der Waals surface area contributed by atoms with Gasteiger partial charge in [0.15, 0.2) is 17.5 Å². The highest BCUT2D eigenvalue weighted by Crippen LogP contribution is 2.50. The average molecular weight is 880 g/mol. The van der Waals surface area contributed by atoms with Crippen LogP contribution in [0.5, 0.6) is 0 Å². The Morgan fingerprint density at radius 2 is 1.00 bits per heavy atom. The van der Waals surface area contributed by atoms with Crippen LogP contribution < -0.4 is 0 Å². The minimum Gasteiger partial charge on any atom is -0.456 e. The van der Waals surface area contributed by atoms with Crippen molar-refractivity contribution in [3.63, 3.8) is 0 Å². The van der Waals surface area contributed by atoms with Gasteiger partial charge in [0.2, 0.25) is 0 Å². The molecule has 0 atom stereocenters. The van der Waals surface area contributed by atoms with Crippen LogP contribution in [0.15, 0.2) is 192 Å². The standard InChI is InChI=1S/C60H37N3OS2/c1-60(2)47-19-9-6-15-40(47)41-26-24-37(32-48(41)60)58-61-57(34-13-4-3-5-14-34)62-59(63-58)45-18-12-20-50-54(45)46-31-35(25-30-49(46)64-50)38-28-29-39(56-55(38)44-17-8-11-22-52(44)66-56)36-23-27-43-42-16-7-10-21-51(42)65-53(43)33-36/h3-33H,1-2H3. The summed E-state index contributed by atoms with van der Waals surface area (Å²) in [4.78, 5) is 15.7. The molecule has 9 aromatic carbocycles. The fourth-order valence-corrected chi connectivity index (χ4v) is 13.0. The Bertz CT molecular complexity index is 4160. The lowest BCUT2D eigenvalue weighted by molar-refractivity contribution is 0.660. The molecule has 1 aliphatic rings. The number of furan rings is 1. The summed E-state index contributed by atoms with van der Waals surface area (Å²) in [5.41, 5.74) is 14.2. The summed E-state index contributed by atoms with van der Waals surface area (Å²) in [6.45, 7) is 4.61.